The SMILES string of the molecule is C/C=C\CCCN(CNN)NC. The number of hydrazine groups is 2. The first-order chi connectivity index (χ1) is 5.85. The highest BCUT2D eigenvalue weighted by Crippen LogP contribution is 1.92. The summed E-state index contributed by atoms with van der Waals surface area (Å²) in [6.07, 6.45) is 6.51. The minimum Gasteiger partial charge on any atom is -0.270 e. The van der Waals surface area contributed by atoms with Crippen LogP contribution in [-0.2, 0) is 0 Å². The zero-order valence-corrected chi connectivity index (χ0v) is 8.01. The number of hydrogen-bond acceptors (Lipinski definition) is 4. The maximum atomic E-state index is 5.19. The molecule has 0 saturated heterocycles. The molecule has 0 rings (SSSR count). The normalized spacial score (nSPS) is 11.7. The number of hydrogen-bond donors (Lipinski definition) is 3. The van der Waals surface area contributed by atoms with E-state index in [0.29, 0.717) is 6.67 Å². The van der Waals surface area contributed by atoms with Gasteiger partial charge >= 0.3 is 0 Å². The summed E-state index contributed by atoms with van der Waals surface area (Å²) in [5, 5.41) is 2.03. The van der Waals surface area contributed by atoms with E-state index in [-0.39, 0.29) is 0 Å². The average molecular weight is 172 g/mol. The van der Waals surface area contributed by atoms with Gasteiger partial charge in [0.15, 0.2) is 0 Å². The Morgan fingerprint density at radius 3 is 2.75 bits per heavy atom. The molecule has 0 atom stereocenters. The zero-order chi connectivity index (χ0) is 9.23. The fourth-order valence-electron chi connectivity index (χ4n) is 0.947. The van der Waals surface area contributed by atoms with Crippen LogP contribution in [0.2, 0.25) is 0 Å². The molecule has 12 heavy (non-hydrogen) atoms. The van der Waals surface area contributed by atoms with E-state index in [1.54, 1.807) is 0 Å². The van der Waals surface area contributed by atoms with Gasteiger partial charge in [0.2, 0.25) is 0 Å². The Morgan fingerprint density at radius 2 is 2.25 bits per heavy atom. The summed E-state index contributed by atoms with van der Waals surface area (Å²) < 4.78 is 0. The van der Waals surface area contributed by atoms with Gasteiger partial charge in [0.25, 0.3) is 0 Å². The van der Waals surface area contributed by atoms with Crippen molar-refractivity contribution in [2.45, 2.75) is 19.8 Å². The van der Waals surface area contributed by atoms with Gasteiger partial charge in [-0.1, -0.05) is 12.2 Å². The third-order valence-corrected chi connectivity index (χ3v) is 1.63. The predicted octanol–water partition coefficient (Wildman–Crippen LogP) is 0.200. The van der Waals surface area contributed by atoms with Crippen LogP contribution in [0.1, 0.15) is 19.8 Å². The molecule has 0 fully saturated rings. The van der Waals surface area contributed by atoms with Crippen LogP contribution in [0.5, 0.6) is 0 Å². The van der Waals surface area contributed by atoms with E-state index in [4.69, 9.17) is 5.84 Å². The summed E-state index contributed by atoms with van der Waals surface area (Å²) in [5.74, 6) is 5.19. The summed E-state index contributed by atoms with van der Waals surface area (Å²) in [6.45, 7) is 3.72. The van der Waals surface area contributed by atoms with Gasteiger partial charge in [0.1, 0.15) is 0 Å². The average Bonchev–Trinajstić information content (AvgIpc) is 2.10. The van der Waals surface area contributed by atoms with Gasteiger partial charge in [-0.3, -0.25) is 11.3 Å². The first kappa shape index (κ1) is 11.6. The first-order valence-corrected chi connectivity index (χ1v) is 4.32. The molecule has 0 radical (unpaired) electrons. The van der Waals surface area contributed by atoms with Gasteiger partial charge in [0, 0.05) is 6.54 Å². The third kappa shape index (κ3) is 6.30. The topological polar surface area (TPSA) is 53.3 Å². The van der Waals surface area contributed by atoms with Crippen molar-refractivity contribution < 1.29 is 0 Å². The molecular formula is C8H20N4. The molecule has 0 spiro atoms. The summed E-state index contributed by atoms with van der Waals surface area (Å²) in [6, 6.07) is 0. The Balaban J connectivity index is 3.31. The van der Waals surface area contributed by atoms with Crippen molar-refractivity contribution in [3.05, 3.63) is 12.2 Å². The molecule has 4 nitrogen and oxygen atoms in total. The number of nitrogens with zero attached hydrogens (tertiary/aromatic N) is 1. The van der Waals surface area contributed by atoms with Crippen molar-refractivity contribution in [1.29, 1.82) is 0 Å². The van der Waals surface area contributed by atoms with Crippen LogP contribution in [0.15, 0.2) is 12.2 Å². The highest BCUT2D eigenvalue weighted by molar-refractivity contribution is 4.76. The number of nitrogens with two attached hydrogens (primary N) is 1. The number of unbranched alkanes of at least 4 members (excludes halogenated alkanes) is 1. The quantitative estimate of drug-likeness (QED) is 0.169. The van der Waals surface area contributed by atoms with Crippen molar-refractivity contribution in [3.8, 4) is 0 Å². The first-order valence-electron chi connectivity index (χ1n) is 4.32. The number of nitrogens with one attached hydrogen (secondary N) is 2. The summed E-state index contributed by atoms with van der Waals surface area (Å²) in [5.41, 5.74) is 5.65. The van der Waals surface area contributed by atoms with E-state index in [2.05, 4.69) is 23.0 Å². The van der Waals surface area contributed by atoms with Gasteiger partial charge < -0.3 is 0 Å². The molecule has 0 aliphatic rings. The second kappa shape index (κ2) is 8.67. The molecule has 0 bridgehead atoms. The predicted molar refractivity (Wildman–Crippen MR) is 52.0 cm³/mol. The monoisotopic (exact) mass is 172 g/mol. The van der Waals surface area contributed by atoms with Crippen molar-refractivity contribution in [2.24, 2.45) is 5.84 Å². The lowest BCUT2D eigenvalue weighted by atomic mass is 10.3. The Bertz CT molecular complexity index is 114. The Labute approximate surface area is 74.7 Å². The van der Waals surface area contributed by atoms with Gasteiger partial charge in [-0.2, -0.15) is 0 Å². The lowest BCUT2D eigenvalue weighted by molar-refractivity contribution is 0.190. The molecule has 0 aliphatic carbocycles. The van der Waals surface area contributed by atoms with Crippen LogP contribution in [0.3, 0.4) is 0 Å². The van der Waals surface area contributed by atoms with Gasteiger partial charge in [-0.15, -0.1) is 0 Å². The second-order valence-electron chi connectivity index (χ2n) is 2.56. The third-order valence-electron chi connectivity index (χ3n) is 1.63. The Hall–Kier alpha value is -0.420. The van der Waals surface area contributed by atoms with Crippen LogP contribution < -0.4 is 16.7 Å². The van der Waals surface area contributed by atoms with Crippen molar-refractivity contribution in [3.63, 3.8) is 0 Å². The fourth-order valence-corrected chi connectivity index (χ4v) is 0.947. The molecule has 0 unspecified atom stereocenters. The van der Waals surface area contributed by atoms with E-state index in [1.165, 1.54) is 0 Å². The second-order valence-corrected chi connectivity index (χ2v) is 2.56. The van der Waals surface area contributed by atoms with Crippen LogP contribution in [0.4, 0.5) is 0 Å². The molecule has 0 aromatic heterocycles. The van der Waals surface area contributed by atoms with E-state index >= 15 is 0 Å². The lowest BCUT2D eigenvalue weighted by Gasteiger charge is -2.19. The van der Waals surface area contributed by atoms with Crippen LogP contribution in [0.25, 0.3) is 0 Å². The zero-order valence-electron chi connectivity index (χ0n) is 8.01. The maximum absolute atomic E-state index is 5.19. The maximum Gasteiger partial charge on any atom is 0.0748 e. The summed E-state index contributed by atoms with van der Waals surface area (Å²) in [4.78, 5) is 0. The molecule has 0 aromatic rings. The van der Waals surface area contributed by atoms with Crippen molar-refractivity contribution >= 4 is 0 Å². The molecule has 0 heterocycles. The van der Waals surface area contributed by atoms with Crippen LogP contribution in [-0.4, -0.2) is 25.3 Å². The molecular weight excluding hydrogens is 152 g/mol. The number of allylic oxidation sites excluding steroid dienone is 2. The lowest BCUT2D eigenvalue weighted by Crippen LogP contribution is -2.44. The molecule has 0 amide bonds. The van der Waals surface area contributed by atoms with Gasteiger partial charge in [-0.05, 0) is 26.8 Å². The van der Waals surface area contributed by atoms with E-state index in [9.17, 15) is 0 Å². The smallest absolute Gasteiger partial charge is 0.0748 e. The molecule has 4 heteroatoms. The highest BCUT2D eigenvalue weighted by Gasteiger charge is 1.97. The van der Waals surface area contributed by atoms with Crippen LogP contribution in [0, 0.1) is 0 Å². The number of rotatable bonds is 7. The molecule has 0 saturated carbocycles. The summed E-state index contributed by atoms with van der Waals surface area (Å²) in [7, 11) is 1.90. The minimum absolute atomic E-state index is 0.673. The molecule has 0 aromatic carbocycles. The fraction of sp³-hybridized carbons (Fsp3) is 0.750. The van der Waals surface area contributed by atoms with E-state index in [1.807, 2.05) is 19.0 Å². The van der Waals surface area contributed by atoms with E-state index in [0.717, 1.165) is 19.4 Å². The largest absolute Gasteiger partial charge is 0.270 e. The van der Waals surface area contributed by atoms with Crippen molar-refractivity contribution in [1.82, 2.24) is 15.9 Å². The molecule has 0 aliphatic heterocycles. The highest BCUT2D eigenvalue weighted by atomic mass is 15.5. The Morgan fingerprint density at radius 1 is 1.50 bits per heavy atom. The molecule has 72 valence electrons. The summed E-state index contributed by atoms with van der Waals surface area (Å²) >= 11 is 0. The van der Waals surface area contributed by atoms with Crippen LogP contribution >= 0.6 is 0 Å². The van der Waals surface area contributed by atoms with Crippen molar-refractivity contribution in [2.75, 3.05) is 20.3 Å². The minimum atomic E-state index is 0.673. The molecule has 4 N–H and O–H groups in total. The van der Waals surface area contributed by atoms with Gasteiger partial charge in [-0.25, -0.2) is 10.4 Å². The van der Waals surface area contributed by atoms with E-state index < -0.39 is 0 Å². The van der Waals surface area contributed by atoms with Gasteiger partial charge in [0.05, 0.1) is 6.67 Å². The Kier molecular flexibility index (Phi) is 8.37. The standard InChI is InChI=1S/C8H20N4/c1-3-4-5-6-7-12(10-2)8-11-9/h3-4,10-11H,5-9H2,1-2H3/b4-3-.